The average Bonchev–Trinajstić information content (AvgIpc) is 2.76. The molecule has 1 N–H and O–H groups in total. The molecule has 1 atom stereocenters. The number of nitrogens with zero attached hydrogens (tertiary/aromatic N) is 1. The van der Waals surface area contributed by atoms with Gasteiger partial charge in [-0.1, -0.05) is 0 Å². The van der Waals surface area contributed by atoms with Crippen molar-refractivity contribution in [2.45, 2.75) is 32.7 Å². The summed E-state index contributed by atoms with van der Waals surface area (Å²) in [5.74, 6) is 0. The van der Waals surface area contributed by atoms with Gasteiger partial charge in [-0.05, 0) is 33.2 Å². The van der Waals surface area contributed by atoms with Crippen LogP contribution in [-0.2, 0) is 4.74 Å². The van der Waals surface area contributed by atoms with Crippen LogP contribution in [0.4, 0.5) is 0 Å². The summed E-state index contributed by atoms with van der Waals surface area (Å²) in [5.41, 5.74) is 3.02. The van der Waals surface area contributed by atoms with E-state index in [1.807, 2.05) is 12.4 Å². The molecule has 0 aliphatic heterocycles. The Labute approximate surface area is 95.9 Å². The second-order valence-electron chi connectivity index (χ2n) is 3.49. The van der Waals surface area contributed by atoms with Crippen LogP contribution in [0.5, 0.6) is 0 Å². The van der Waals surface area contributed by atoms with Crippen LogP contribution in [0.3, 0.4) is 0 Å². The van der Waals surface area contributed by atoms with Crippen LogP contribution in [0, 0.1) is 0 Å². The lowest BCUT2D eigenvalue weighted by Crippen LogP contribution is -2.20. The van der Waals surface area contributed by atoms with Gasteiger partial charge in [0, 0.05) is 24.6 Å². The molecule has 0 amide bonds. The molecular formula is C11H20N2OS. The molecule has 1 unspecified atom stereocenters. The number of rotatable bonds is 8. The van der Waals surface area contributed by atoms with Crippen LogP contribution in [-0.4, -0.2) is 24.7 Å². The summed E-state index contributed by atoms with van der Waals surface area (Å²) < 4.78 is 5.27. The highest BCUT2D eigenvalue weighted by Crippen LogP contribution is 2.11. The van der Waals surface area contributed by atoms with Crippen molar-refractivity contribution in [3.8, 4) is 0 Å². The summed E-state index contributed by atoms with van der Waals surface area (Å²) in [5, 5.41) is 5.55. The van der Waals surface area contributed by atoms with E-state index in [-0.39, 0.29) is 0 Å². The predicted octanol–water partition coefficient (Wildman–Crippen LogP) is 2.61. The smallest absolute Gasteiger partial charge is 0.0795 e. The summed E-state index contributed by atoms with van der Waals surface area (Å²) in [4.78, 5) is 4.28. The van der Waals surface area contributed by atoms with E-state index in [1.54, 1.807) is 11.3 Å². The highest BCUT2D eigenvalue weighted by atomic mass is 32.1. The SMILES string of the molecule is CCOCCCCNC(C)c1cscn1. The van der Waals surface area contributed by atoms with E-state index in [2.05, 4.69) is 22.6 Å². The molecule has 0 radical (unpaired) electrons. The number of hydrogen-bond donors (Lipinski definition) is 1. The number of aromatic nitrogens is 1. The van der Waals surface area contributed by atoms with Crippen molar-refractivity contribution in [3.05, 3.63) is 16.6 Å². The van der Waals surface area contributed by atoms with Gasteiger partial charge in [0.1, 0.15) is 0 Å². The zero-order chi connectivity index (χ0) is 10.9. The molecule has 0 fully saturated rings. The van der Waals surface area contributed by atoms with E-state index < -0.39 is 0 Å². The highest BCUT2D eigenvalue weighted by molar-refractivity contribution is 7.07. The second kappa shape index (κ2) is 7.79. The van der Waals surface area contributed by atoms with Crippen molar-refractivity contribution in [1.82, 2.24) is 10.3 Å². The fourth-order valence-electron chi connectivity index (χ4n) is 1.33. The first-order valence-electron chi connectivity index (χ1n) is 5.53. The van der Waals surface area contributed by atoms with Crippen molar-refractivity contribution in [2.75, 3.05) is 19.8 Å². The standard InChI is InChI=1S/C11H20N2OS/c1-3-14-7-5-4-6-12-10(2)11-8-15-9-13-11/h8-10,12H,3-7H2,1-2H3. The van der Waals surface area contributed by atoms with Crippen LogP contribution < -0.4 is 5.32 Å². The molecule has 0 aliphatic rings. The van der Waals surface area contributed by atoms with Crippen LogP contribution in [0.25, 0.3) is 0 Å². The third-order valence-electron chi connectivity index (χ3n) is 2.27. The molecule has 4 heteroatoms. The van der Waals surface area contributed by atoms with Gasteiger partial charge in [0.25, 0.3) is 0 Å². The van der Waals surface area contributed by atoms with E-state index >= 15 is 0 Å². The van der Waals surface area contributed by atoms with Gasteiger partial charge in [-0.2, -0.15) is 0 Å². The lowest BCUT2D eigenvalue weighted by Gasteiger charge is -2.10. The van der Waals surface area contributed by atoms with Crippen molar-refractivity contribution in [1.29, 1.82) is 0 Å². The van der Waals surface area contributed by atoms with E-state index in [9.17, 15) is 0 Å². The lowest BCUT2D eigenvalue weighted by molar-refractivity contribution is 0.143. The molecule has 0 saturated carbocycles. The molecule has 1 aromatic heterocycles. The van der Waals surface area contributed by atoms with Crippen molar-refractivity contribution in [3.63, 3.8) is 0 Å². The van der Waals surface area contributed by atoms with E-state index in [4.69, 9.17) is 4.74 Å². The van der Waals surface area contributed by atoms with Crippen LogP contribution in [0.1, 0.15) is 38.4 Å². The Hall–Kier alpha value is -0.450. The van der Waals surface area contributed by atoms with E-state index in [0.29, 0.717) is 6.04 Å². The zero-order valence-electron chi connectivity index (χ0n) is 9.53. The third-order valence-corrected chi connectivity index (χ3v) is 2.87. The minimum atomic E-state index is 0.364. The summed E-state index contributed by atoms with van der Waals surface area (Å²) in [6.45, 7) is 6.91. The number of ether oxygens (including phenoxy) is 1. The predicted molar refractivity (Wildman–Crippen MR) is 64.3 cm³/mol. The molecular weight excluding hydrogens is 208 g/mol. The summed E-state index contributed by atoms with van der Waals surface area (Å²) in [6, 6.07) is 0.364. The minimum absolute atomic E-state index is 0.364. The van der Waals surface area contributed by atoms with Crippen LogP contribution in [0.2, 0.25) is 0 Å². The van der Waals surface area contributed by atoms with Gasteiger partial charge in [-0.3, -0.25) is 0 Å². The van der Waals surface area contributed by atoms with Crippen molar-refractivity contribution in [2.24, 2.45) is 0 Å². The van der Waals surface area contributed by atoms with Crippen LogP contribution >= 0.6 is 11.3 Å². The number of hydrogen-bond acceptors (Lipinski definition) is 4. The molecule has 3 nitrogen and oxygen atoms in total. The van der Waals surface area contributed by atoms with Crippen molar-refractivity contribution < 1.29 is 4.74 Å². The first-order chi connectivity index (χ1) is 7.34. The molecule has 1 aromatic rings. The fourth-order valence-corrected chi connectivity index (χ4v) is 1.98. The lowest BCUT2D eigenvalue weighted by atomic mass is 10.2. The van der Waals surface area contributed by atoms with Gasteiger partial charge < -0.3 is 10.1 Å². The van der Waals surface area contributed by atoms with E-state index in [1.165, 1.54) is 0 Å². The maximum absolute atomic E-state index is 5.27. The Balaban J connectivity index is 2.00. The van der Waals surface area contributed by atoms with Gasteiger partial charge in [0.15, 0.2) is 0 Å². The quantitative estimate of drug-likeness (QED) is 0.694. The molecule has 0 aromatic carbocycles. The number of nitrogens with one attached hydrogen (secondary N) is 1. The molecule has 0 saturated heterocycles. The third kappa shape index (κ3) is 5.25. The number of thiazole rings is 1. The maximum atomic E-state index is 5.27. The first-order valence-corrected chi connectivity index (χ1v) is 6.48. The van der Waals surface area contributed by atoms with Crippen molar-refractivity contribution >= 4 is 11.3 Å². The Morgan fingerprint density at radius 1 is 1.53 bits per heavy atom. The molecule has 15 heavy (non-hydrogen) atoms. The van der Waals surface area contributed by atoms with Gasteiger partial charge in [-0.15, -0.1) is 11.3 Å². The Kier molecular flexibility index (Phi) is 6.55. The minimum Gasteiger partial charge on any atom is -0.382 e. The van der Waals surface area contributed by atoms with Gasteiger partial charge in [0.2, 0.25) is 0 Å². The maximum Gasteiger partial charge on any atom is 0.0795 e. The summed E-state index contributed by atoms with van der Waals surface area (Å²) in [7, 11) is 0. The average molecular weight is 228 g/mol. The summed E-state index contributed by atoms with van der Waals surface area (Å²) >= 11 is 1.65. The fraction of sp³-hybridized carbons (Fsp3) is 0.727. The topological polar surface area (TPSA) is 34.1 Å². The van der Waals surface area contributed by atoms with Gasteiger partial charge in [0.05, 0.1) is 11.2 Å². The molecule has 1 rings (SSSR count). The largest absolute Gasteiger partial charge is 0.382 e. The molecule has 0 aliphatic carbocycles. The Bertz CT molecular complexity index is 239. The monoisotopic (exact) mass is 228 g/mol. The van der Waals surface area contributed by atoms with Gasteiger partial charge in [-0.25, -0.2) is 4.98 Å². The Morgan fingerprint density at radius 2 is 2.40 bits per heavy atom. The molecule has 86 valence electrons. The van der Waals surface area contributed by atoms with Crippen LogP contribution in [0.15, 0.2) is 10.9 Å². The van der Waals surface area contributed by atoms with E-state index in [0.717, 1.165) is 38.3 Å². The first kappa shape index (κ1) is 12.6. The molecule has 1 heterocycles. The Morgan fingerprint density at radius 3 is 3.07 bits per heavy atom. The summed E-state index contributed by atoms with van der Waals surface area (Å²) in [6.07, 6.45) is 2.29. The normalized spacial score (nSPS) is 12.9. The number of unbranched alkanes of at least 4 members (excludes halogenated alkanes) is 1. The molecule has 0 bridgehead atoms. The second-order valence-corrected chi connectivity index (χ2v) is 4.21. The highest BCUT2D eigenvalue weighted by Gasteiger charge is 2.05. The molecule has 0 spiro atoms. The zero-order valence-corrected chi connectivity index (χ0v) is 10.3. The van der Waals surface area contributed by atoms with Gasteiger partial charge >= 0.3 is 0 Å².